The molecule has 128 valence electrons. The van der Waals surface area contributed by atoms with E-state index >= 15 is 0 Å². The highest BCUT2D eigenvalue weighted by Gasteiger charge is 2.43. The Bertz CT molecular complexity index is 515. The van der Waals surface area contributed by atoms with Gasteiger partial charge >= 0.3 is 48.5 Å². The van der Waals surface area contributed by atoms with Crippen molar-refractivity contribution in [2.75, 3.05) is 0 Å². The average Bonchev–Trinajstić information content (AvgIpc) is 2.24. The number of carbonyl (C=O) groups excluding carboxylic acids is 3. The minimum absolute atomic E-state index is 2.45. The topological polar surface area (TPSA) is 251 Å². The molecule has 0 aromatic heterocycles. The Morgan fingerprint density at radius 3 is 0.909 bits per heavy atom. The van der Waals surface area contributed by atoms with E-state index in [0.717, 1.165) is 0 Å². The van der Waals surface area contributed by atoms with Crippen LogP contribution in [0.3, 0.4) is 0 Å². The van der Waals surface area contributed by atoms with E-state index in [2.05, 4.69) is 13.6 Å². The summed E-state index contributed by atoms with van der Waals surface area (Å²) in [5, 5.41) is 0. The van der Waals surface area contributed by atoms with Gasteiger partial charge in [0, 0.05) is 0 Å². The lowest BCUT2D eigenvalue weighted by atomic mass is 11.6. The molecule has 0 aromatic carbocycles. The van der Waals surface area contributed by atoms with Gasteiger partial charge in [-0.25, -0.2) is 28.1 Å². The van der Waals surface area contributed by atoms with E-state index in [1.165, 1.54) is 0 Å². The molecule has 0 spiro atoms. The first-order valence-corrected chi connectivity index (χ1v) is 10.1. The first-order chi connectivity index (χ1) is 9.55. The van der Waals surface area contributed by atoms with Crippen molar-refractivity contribution in [3.05, 3.63) is 0 Å². The standard InChI is InChI=1S/C3H6O15P4/c4-1(20(7,8)9)16-19(17-2(5)21(10,11)12)18-3(6)22(13,14)15/h(H2,7,8,9)(H2,10,11,12)(H2,13,14,15). The first kappa shape index (κ1) is 21.3. The van der Waals surface area contributed by atoms with Crippen molar-refractivity contribution < 1.29 is 71.0 Å². The average molecular weight is 406 g/mol. The summed E-state index contributed by atoms with van der Waals surface area (Å²) >= 11 is 0. The zero-order valence-electron chi connectivity index (χ0n) is 9.65. The van der Waals surface area contributed by atoms with Crippen molar-refractivity contribution >= 4 is 48.5 Å². The van der Waals surface area contributed by atoms with Crippen LogP contribution in [0.1, 0.15) is 0 Å². The summed E-state index contributed by atoms with van der Waals surface area (Å²) in [7, 11) is -20.7. The van der Waals surface area contributed by atoms with Crippen molar-refractivity contribution in [3.8, 4) is 0 Å². The molecule has 6 N–H and O–H groups in total. The van der Waals surface area contributed by atoms with Crippen LogP contribution in [-0.4, -0.2) is 46.5 Å². The van der Waals surface area contributed by atoms with Crippen LogP contribution in [0.5, 0.6) is 0 Å². The zero-order valence-corrected chi connectivity index (χ0v) is 13.2. The van der Waals surface area contributed by atoms with Gasteiger partial charge in [-0.15, -0.1) is 0 Å². The van der Waals surface area contributed by atoms with E-state index in [-0.39, 0.29) is 0 Å². The van der Waals surface area contributed by atoms with Gasteiger partial charge in [-0.2, -0.15) is 0 Å². The van der Waals surface area contributed by atoms with E-state index in [4.69, 9.17) is 29.4 Å². The molecule has 0 amide bonds. The van der Waals surface area contributed by atoms with Crippen LogP contribution in [0.15, 0.2) is 0 Å². The SMILES string of the molecule is O=C(OP(OC(=O)P(=O)(O)O)OC(=O)P(=O)(O)O)P(=O)(O)O. The van der Waals surface area contributed by atoms with Gasteiger partial charge in [0.05, 0.1) is 0 Å². The fourth-order valence-corrected chi connectivity index (χ4v) is 2.78. The molecule has 0 saturated carbocycles. The second-order valence-corrected chi connectivity index (χ2v) is 8.28. The fraction of sp³-hybridized carbons (Fsp3) is 0. The maximum Gasteiger partial charge on any atom is 0.538 e. The van der Waals surface area contributed by atoms with Crippen LogP contribution >= 0.6 is 31.4 Å². The Morgan fingerprint density at radius 2 is 0.773 bits per heavy atom. The summed E-state index contributed by atoms with van der Waals surface area (Å²) in [6.45, 7) is 0. The fourth-order valence-electron chi connectivity index (χ4n) is 0.407. The Kier molecular flexibility index (Phi) is 7.01. The molecule has 0 aromatic rings. The maximum absolute atomic E-state index is 10.8. The molecule has 0 aliphatic carbocycles. The van der Waals surface area contributed by atoms with Gasteiger partial charge in [0.1, 0.15) is 0 Å². The van der Waals surface area contributed by atoms with Gasteiger partial charge in [-0.3, -0.25) is 0 Å². The molecule has 0 aliphatic heterocycles. The number of rotatable bonds is 6. The quantitative estimate of drug-likeness (QED) is 0.321. The molecular weight excluding hydrogens is 400 g/mol. The summed E-state index contributed by atoms with van der Waals surface area (Å²) in [6.07, 6.45) is 0. The van der Waals surface area contributed by atoms with E-state index < -0.39 is 48.5 Å². The lowest BCUT2D eigenvalue weighted by molar-refractivity contribution is 0.175. The lowest BCUT2D eigenvalue weighted by Crippen LogP contribution is -2.09. The summed E-state index contributed by atoms with van der Waals surface area (Å²) in [5.41, 5.74) is -7.35. The summed E-state index contributed by atoms with van der Waals surface area (Å²) in [6, 6.07) is 0. The third-order valence-electron chi connectivity index (χ3n) is 1.17. The van der Waals surface area contributed by atoms with Crippen LogP contribution in [0, 0.1) is 0 Å². The van der Waals surface area contributed by atoms with Gasteiger partial charge in [0.2, 0.25) is 0 Å². The molecule has 22 heavy (non-hydrogen) atoms. The number of hydrogen-bond acceptors (Lipinski definition) is 9. The molecule has 19 heteroatoms. The van der Waals surface area contributed by atoms with Gasteiger partial charge in [-0.05, 0) is 0 Å². The van der Waals surface area contributed by atoms with Crippen molar-refractivity contribution in [1.29, 1.82) is 0 Å². The van der Waals surface area contributed by atoms with Crippen LogP contribution < -0.4 is 0 Å². The highest BCUT2D eigenvalue weighted by Crippen LogP contribution is 2.54. The second kappa shape index (κ2) is 7.24. The van der Waals surface area contributed by atoms with Crippen LogP contribution in [0.25, 0.3) is 0 Å². The maximum atomic E-state index is 10.8. The van der Waals surface area contributed by atoms with Gasteiger partial charge in [0.15, 0.2) is 0 Å². The third kappa shape index (κ3) is 7.52. The summed E-state index contributed by atoms with van der Waals surface area (Å²) < 4.78 is 42.3. The Morgan fingerprint density at radius 1 is 0.591 bits per heavy atom. The van der Waals surface area contributed by atoms with Gasteiger partial charge in [-0.1, -0.05) is 0 Å². The highest BCUT2D eigenvalue weighted by molar-refractivity contribution is 7.73. The second-order valence-electron chi connectivity index (χ2n) is 2.93. The Labute approximate surface area is 120 Å². The predicted octanol–water partition coefficient (Wildman–Crippen LogP) is 0.156. The van der Waals surface area contributed by atoms with E-state index in [9.17, 15) is 28.1 Å². The summed E-state index contributed by atoms with van der Waals surface area (Å²) in [4.78, 5) is 82.7. The largest absolute Gasteiger partial charge is 0.538 e. The van der Waals surface area contributed by atoms with E-state index in [1.807, 2.05) is 0 Å². The monoisotopic (exact) mass is 406 g/mol. The molecule has 0 unspecified atom stereocenters. The Hall–Kier alpha value is -0.710. The molecule has 0 rings (SSSR count). The third-order valence-corrected chi connectivity index (χ3v) is 4.25. The van der Waals surface area contributed by atoms with Crippen LogP contribution in [0.4, 0.5) is 14.4 Å². The molecule has 0 saturated heterocycles. The van der Waals surface area contributed by atoms with Crippen molar-refractivity contribution in [2.45, 2.75) is 0 Å². The Balaban J connectivity index is 5.25. The molecular formula is C3H6O15P4. The molecule has 0 radical (unpaired) electrons. The minimum Gasteiger partial charge on any atom is -0.366 e. The molecule has 0 atom stereocenters. The van der Waals surface area contributed by atoms with Crippen molar-refractivity contribution in [2.24, 2.45) is 0 Å². The van der Waals surface area contributed by atoms with Crippen molar-refractivity contribution in [1.82, 2.24) is 0 Å². The van der Waals surface area contributed by atoms with Gasteiger partial charge in [0.25, 0.3) is 0 Å². The molecule has 0 fully saturated rings. The molecule has 0 aliphatic rings. The minimum atomic E-state index is -5.59. The normalized spacial score (nSPS) is 12.7. The highest BCUT2D eigenvalue weighted by atomic mass is 31.2. The van der Waals surface area contributed by atoms with E-state index in [0.29, 0.717) is 0 Å². The smallest absolute Gasteiger partial charge is 0.366 e. The predicted molar refractivity (Wildman–Crippen MR) is 62.5 cm³/mol. The molecule has 0 bridgehead atoms. The zero-order chi connectivity index (χ0) is 17.9. The van der Waals surface area contributed by atoms with E-state index in [1.54, 1.807) is 0 Å². The number of carbonyl (C=O) groups is 3. The van der Waals surface area contributed by atoms with Crippen LogP contribution in [-0.2, 0) is 27.3 Å². The molecule has 0 heterocycles. The van der Waals surface area contributed by atoms with Crippen molar-refractivity contribution in [3.63, 3.8) is 0 Å². The van der Waals surface area contributed by atoms with Gasteiger partial charge < -0.3 is 42.9 Å². The summed E-state index contributed by atoms with van der Waals surface area (Å²) in [5.74, 6) is 0. The molecule has 15 nitrogen and oxygen atoms in total. The first-order valence-electron chi connectivity index (χ1n) is 4.19. The lowest BCUT2D eigenvalue weighted by Gasteiger charge is -2.15. The number of hydrogen-bond donors (Lipinski definition) is 6. The van der Waals surface area contributed by atoms with Crippen LogP contribution in [0.2, 0.25) is 0 Å².